The number of halogens is 1. The molecule has 0 spiro atoms. The van der Waals surface area contributed by atoms with Gasteiger partial charge in [-0.3, -0.25) is 4.79 Å². The second-order valence-electron chi connectivity index (χ2n) is 5.87. The molecule has 1 saturated heterocycles. The Morgan fingerprint density at radius 3 is 2.67 bits per heavy atom. The van der Waals surface area contributed by atoms with Gasteiger partial charge in [0.25, 0.3) is 0 Å². The standard InChI is InChI=1S/C18H21BrN4O/c1-14-12-15(5-6-16(14)19)21-13-18(24)23-10-8-22(9-11-23)17-4-2-3-7-20-17/h2-7,12,21H,8-11,13H2,1H3. The van der Waals surface area contributed by atoms with Crippen molar-refractivity contribution in [2.75, 3.05) is 42.9 Å². The molecule has 0 saturated carbocycles. The van der Waals surface area contributed by atoms with Crippen LogP contribution in [0.15, 0.2) is 47.1 Å². The Kier molecular flexibility index (Phi) is 5.35. The molecule has 1 N–H and O–H groups in total. The predicted octanol–water partition coefficient (Wildman–Crippen LogP) is 2.91. The fourth-order valence-electron chi connectivity index (χ4n) is 2.77. The van der Waals surface area contributed by atoms with E-state index in [0.29, 0.717) is 6.54 Å². The monoisotopic (exact) mass is 388 g/mol. The summed E-state index contributed by atoms with van der Waals surface area (Å²) < 4.78 is 1.07. The van der Waals surface area contributed by atoms with Crippen LogP contribution < -0.4 is 10.2 Å². The molecule has 1 fully saturated rings. The number of piperazine rings is 1. The second-order valence-corrected chi connectivity index (χ2v) is 6.73. The molecule has 0 atom stereocenters. The van der Waals surface area contributed by atoms with Gasteiger partial charge in [-0.2, -0.15) is 0 Å². The lowest BCUT2D eigenvalue weighted by Crippen LogP contribution is -2.50. The first-order valence-electron chi connectivity index (χ1n) is 8.07. The second kappa shape index (κ2) is 7.66. The van der Waals surface area contributed by atoms with Crippen LogP contribution in [0.4, 0.5) is 11.5 Å². The number of hydrogen-bond acceptors (Lipinski definition) is 4. The fourth-order valence-corrected chi connectivity index (χ4v) is 3.02. The predicted molar refractivity (Wildman–Crippen MR) is 100 cm³/mol. The van der Waals surface area contributed by atoms with E-state index >= 15 is 0 Å². The molecule has 6 heteroatoms. The first kappa shape index (κ1) is 16.8. The number of aryl methyl sites for hydroxylation is 1. The van der Waals surface area contributed by atoms with Crippen molar-refractivity contribution in [3.63, 3.8) is 0 Å². The maximum absolute atomic E-state index is 12.4. The van der Waals surface area contributed by atoms with E-state index in [1.807, 2.05) is 48.2 Å². The minimum atomic E-state index is 0.135. The Labute approximate surface area is 150 Å². The zero-order valence-electron chi connectivity index (χ0n) is 13.7. The quantitative estimate of drug-likeness (QED) is 0.874. The van der Waals surface area contributed by atoms with Crippen LogP contribution in [0.25, 0.3) is 0 Å². The number of pyridine rings is 1. The van der Waals surface area contributed by atoms with Crippen molar-refractivity contribution in [1.82, 2.24) is 9.88 Å². The van der Waals surface area contributed by atoms with Crippen LogP contribution in [0, 0.1) is 6.92 Å². The molecule has 5 nitrogen and oxygen atoms in total. The number of aromatic nitrogens is 1. The van der Waals surface area contributed by atoms with Gasteiger partial charge >= 0.3 is 0 Å². The number of carbonyl (C=O) groups is 1. The van der Waals surface area contributed by atoms with Gasteiger partial charge < -0.3 is 15.1 Å². The van der Waals surface area contributed by atoms with Crippen molar-refractivity contribution in [2.24, 2.45) is 0 Å². The molecule has 0 aliphatic carbocycles. The van der Waals surface area contributed by atoms with Gasteiger partial charge in [-0.25, -0.2) is 4.98 Å². The summed E-state index contributed by atoms with van der Waals surface area (Å²) in [6.07, 6.45) is 1.80. The van der Waals surface area contributed by atoms with Gasteiger partial charge in [-0.15, -0.1) is 0 Å². The van der Waals surface area contributed by atoms with Crippen molar-refractivity contribution in [3.05, 3.63) is 52.6 Å². The van der Waals surface area contributed by atoms with E-state index in [1.54, 1.807) is 6.20 Å². The van der Waals surface area contributed by atoms with Gasteiger partial charge in [-0.1, -0.05) is 22.0 Å². The van der Waals surface area contributed by atoms with Crippen molar-refractivity contribution < 1.29 is 4.79 Å². The fraction of sp³-hybridized carbons (Fsp3) is 0.333. The Balaban J connectivity index is 1.49. The summed E-state index contributed by atoms with van der Waals surface area (Å²) in [5, 5.41) is 3.21. The lowest BCUT2D eigenvalue weighted by atomic mass is 10.2. The number of nitrogens with one attached hydrogen (secondary N) is 1. The molecular formula is C18H21BrN4O. The van der Waals surface area contributed by atoms with Gasteiger partial charge in [0.05, 0.1) is 6.54 Å². The molecule has 1 aliphatic rings. The summed E-state index contributed by atoms with van der Waals surface area (Å²) in [4.78, 5) is 20.9. The zero-order valence-corrected chi connectivity index (χ0v) is 15.3. The van der Waals surface area contributed by atoms with Crippen molar-refractivity contribution in [2.45, 2.75) is 6.92 Å². The molecule has 2 aromatic rings. The highest BCUT2D eigenvalue weighted by atomic mass is 79.9. The van der Waals surface area contributed by atoms with Crippen LogP contribution in [0.1, 0.15) is 5.56 Å². The summed E-state index contributed by atoms with van der Waals surface area (Å²) in [5.41, 5.74) is 2.12. The Hall–Kier alpha value is -2.08. The minimum Gasteiger partial charge on any atom is -0.376 e. The third-order valence-electron chi connectivity index (χ3n) is 4.21. The highest BCUT2D eigenvalue weighted by Gasteiger charge is 2.21. The molecule has 0 unspecified atom stereocenters. The van der Waals surface area contributed by atoms with E-state index in [1.165, 1.54) is 0 Å². The number of anilines is 2. The van der Waals surface area contributed by atoms with Gasteiger partial charge in [0.15, 0.2) is 0 Å². The molecule has 1 aromatic heterocycles. The number of benzene rings is 1. The molecule has 1 aliphatic heterocycles. The van der Waals surface area contributed by atoms with Crippen molar-refractivity contribution in [1.29, 1.82) is 0 Å². The number of carbonyl (C=O) groups excluding carboxylic acids is 1. The Bertz CT molecular complexity index is 699. The van der Waals surface area contributed by atoms with Crippen LogP contribution in [0.3, 0.4) is 0 Å². The first-order valence-corrected chi connectivity index (χ1v) is 8.86. The lowest BCUT2D eigenvalue weighted by Gasteiger charge is -2.35. The normalized spacial score (nSPS) is 14.6. The molecule has 3 rings (SSSR count). The van der Waals surface area contributed by atoms with E-state index in [-0.39, 0.29) is 5.91 Å². The summed E-state index contributed by atoms with van der Waals surface area (Å²) in [7, 11) is 0. The van der Waals surface area contributed by atoms with Gasteiger partial charge in [0, 0.05) is 42.5 Å². The van der Waals surface area contributed by atoms with Crippen molar-refractivity contribution in [3.8, 4) is 0 Å². The van der Waals surface area contributed by atoms with E-state index in [4.69, 9.17) is 0 Å². The molecular weight excluding hydrogens is 368 g/mol. The van der Waals surface area contributed by atoms with Crippen LogP contribution in [0.2, 0.25) is 0 Å². The van der Waals surface area contributed by atoms with Crippen LogP contribution in [-0.4, -0.2) is 48.5 Å². The maximum Gasteiger partial charge on any atom is 0.241 e. The van der Waals surface area contributed by atoms with Crippen LogP contribution >= 0.6 is 15.9 Å². The molecule has 0 bridgehead atoms. The summed E-state index contributed by atoms with van der Waals surface area (Å²) in [6.45, 7) is 5.46. The molecule has 1 aromatic carbocycles. The summed E-state index contributed by atoms with van der Waals surface area (Å²) >= 11 is 3.48. The number of nitrogens with zero attached hydrogens (tertiary/aromatic N) is 3. The molecule has 0 radical (unpaired) electrons. The van der Waals surface area contributed by atoms with Gasteiger partial charge in [0.2, 0.25) is 5.91 Å². The smallest absolute Gasteiger partial charge is 0.241 e. The van der Waals surface area contributed by atoms with Gasteiger partial charge in [-0.05, 0) is 42.8 Å². The Morgan fingerprint density at radius 2 is 2.00 bits per heavy atom. The Morgan fingerprint density at radius 1 is 1.21 bits per heavy atom. The van der Waals surface area contributed by atoms with E-state index in [2.05, 4.69) is 31.1 Å². The average Bonchev–Trinajstić information content (AvgIpc) is 2.63. The average molecular weight is 389 g/mol. The topological polar surface area (TPSA) is 48.5 Å². The van der Waals surface area contributed by atoms with E-state index in [0.717, 1.165) is 47.7 Å². The maximum atomic E-state index is 12.4. The zero-order chi connectivity index (χ0) is 16.9. The van der Waals surface area contributed by atoms with Gasteiger partial charge in [0.1, 0.15) is 5.82 Å². The third kappa shape index (κ3) is 4.06. The molecule has 1 amide bonds. The lowest BCUT2D eigenvalue weighted by molar-refractivity contribution is -0.129. The molecule has 126 valence electrons. The molecule has 24 heavy (non-hydrogen) atoms. The third-order valence-corrected chi connectivity index (χ3v) is 5.10. The number of amides is 1. The first-order chi connectivity index (χ1) is 11.6. The highest BCUT2D eigenvalue weighted by molar-refractivity contribution is 9.10. The molecule has 2 heterocycles. The largest absolute Gasteiger partial charge is 0.376 e. The SMILES string of the molecule is Cc1cc(NCC(=O)N2CCN(c3ccccn3)CC2)ccc1Br. The minimum absolute atomic E-state index is 0.135. The van der Waals surface area contributed by atoms with E-state index in [9.17, 15) is 4.79 Å². The number of rotatable bonds is 4. The van der Waals surface area contributed by atoms with Crippen LogP contribution in [-0.2, 0) is 4.79 Å². The van der Waals surface area contributed by atoms with Crippen LogP contribution in [0.5, 0.6) is 0 Å². The summed E-state index contributed by atoms with van der Waals surface area (Å²) in [5.74, 6) is 1.12. The highest BCUT2D eigenvalue weighted by Crippen LogP contribution is 2.20. The summed E-state index contributed by atoms with van der Waals surface area (Å²) in [6, 6.07) is 11.9. The van der Waals surface area contributed by atoms with Crippen molar-refractivity contribution >= 4 is 33.3 Å². The number of hydrogen-bond donors (Lipinski definition) is 1. The van der Waals surface area contributed by atoms with E-state index < -0.39 is 0 Å².